The molecule has 0 saturated carbocycles. The number of nitrogens with one attached hydrogen (secondary N) is 1. The molecule has 1 aromatic carbocycles. The van der Waals surface area contributed by atoms with Gasteiger partial charge in [0.25, 0.3) is 0 Å². The molecule has 7 heteroatoms. The largest absolute Gasteiger partial charge is 0.353 e. The second kappa shape index (κ2) is 7.57. The third-order valence-electron chi connectivity index (χ3n) is 5.31. The summed E-state index contributed by atoms with van der Waals surface area (Å²) in [7, 11) is 0. The number of halogens is 1. The molecule has 1 amide bonds. The van der Waals surface area contributed by atoms with E-state index in [1.165, 1.54) is 22.6 Å². The molecule has 0 radical (unpaired) electrons. The lowest BCUT2D eigenvalue weighted by Gasteiger charge is -2.25. The zero-order valence-electron chi connectivity index (χ0n) is 15.8. The van der Waals surface area contributed by atoms with E-state index in [2.05, 4.69) is 20.9 Å². The van der Waals surface area contributed by atoms with Crippen LogP contribution in [0.3, 0.4) is 0 Å². The van der Waals surface area contributed by atoms with E-state index in [0.29, 0.717) is 16.6 Å². The Morgan fingerprint density at radius 1 is 1.50 bits per heavy atom. The zero-order chi connectivity index (χ0) is 19.8. The molecule has 1 aliphatic carbocycles. The fraction of sp³-hybridized carbons (Fsp3) is 0.381. The minimum atomic E-state index is -0.0256. The number of aromatic nitrogens is 2. The summed E-state index contributed by atoms with van der Waals surface area (Å²) >= 11 is 7.45. The zero-order valence-corrected chi connectivity index (χ0v) is 17.4. The Bertz CT molecular complexity index is 1090. The summed E-state index contributed by atoms with van der Waals surface area (Å²) in [5.41, 5.74) is 5.19. The highest BCUT2D eigenvalue weighted by molar-refractivity contribution is 7.13. The van der Waals surface area contributed by atoms with E-state index in [0.717, 1.165) is 35.9 Å². The Kier molecular flexibility index (Phi) is 5.13. The number of fused-ring (bicyclic) bond motifs is 3. The summed E-state index contributed by atoms with van der Waals surface area (Å²) in [5.74, 6) is 0.0642. The minimum Gasteiger partial charge on any atom is -0.353 e. The van der Waals surface area contributed by atoms with Gasteiger partial charge in [0, 0.05) is 33.9 Å². The Labute approximate surface area is 173 Å². The topological polar surface area (TPSA) is 70.7 Å². The van der Waals surface area contributed by atoms with Gasteiger partial charge in [-0.2, -0.15) is 5.26 Å². The fourth-order valence-corrected chi connectivity index (χ4v) is 4.68. The van der Waals surface area contributed by atoms with Crippen LogP contribution in [0.5, 0.6) is 0 Å². The number of thiazole rings is 1. The van der Waals surface area contributed by atoms with E-state index in [-0.39, 0.29) is 17.9 Å². The summed E-state index contributed by atoms with van der Waals surface area (Å²) in [4.78, 5) is 16.6. The number of nitrogens with zero attached hydrogens (tertiary/aromatic N) is 3. The van der Waals surface area contributed by atoms with Crippen molar-refractivity contribution in [1.29, 1.82) is 5.26 Å². The summed E-state index contributed by atoms with van der Waals surface area (Å²) < 4.78 is 2.83. The first-order valence-electron chi connectivity index (χ1n) is 9.40. The van der Waals surface area contributed by atoms with E-state index in [9.17, 15) is 10.1 Å². The van der Waals surface area contributed by atoms with E-state index in [1.807, 2.05) is 37.4 Å². The predicted octanol–water partition coefficient (Wildman–Crippen LogP) is 4.30. The van der Waals surface area contributed by atoms with Crippen molar-refractivity contribution in [3.8, 4) is 6.07 Å². The van der Waals surface area contributed by atoms with Crippen molar-refractivity contribution in [2.45, 2.75) is 45.7 Å². The Balaban J connectivity index is 1.75. The summed E-state index contributed by atoms with van der Waals surface area (Å²) in [6, 6.07) is 8.20. The van der Waals surface area contributed by atoms with Crippen LogP contribution >= 0.6 is 22.9 Å². The van der Waals surface area contributed by atoms with Crippen LogP contribution in [-0.4, -0.2) is 21.5 Å². The van der Waals surface area contributed by atoms with Crippen molar-refractivity contribution in [1.82, 2.24) is 14.9 Å². The molecule has 1 aliphatic rings. The Morgan fingerprint density at radius 3 is 3.00 bits per heavy atom. The van der Waals surface area contributed by atoms with Crippen molar-refractivity contribution in [3.05, 3.63) is 50.6 Å². The summed E-state index contributed by atoms with van der Waals surface area (Å²) in [6.07, 6.45) is 2.57. The molecule has 4 rings (SSSR count). The van der Waals surface area contributed by atoms with Gasteiger partial charge in [-0.05, 0) is 43.0 Å². The van der Waals surface area contributed by atoms with Gasteiger partial charge in [0.05, 0.1) is 23.9 Å². The lowest BCUT2D eigenvalue weighted by atomic mass is 9.90. The SMILES string of the molecule is CC(C)C(=O)N[C@@H]1CCc2c(c3cc(C#N)ccc3n2Cc2csc(Cl)n2)C1. The first-order chi connectivity index (χ1) is 13.5. The van der Waals surface area contributed by atoms with E-state index in [4.69, 9.17) is 11.6 Å². The highest BCUT2D eigenvalue weighted by atomic mass is 35.5. The summed E-state index contributed by atoms with van der Waals surface area (Å²) in [5, 5.41) is 15.6. The van der Waals surface area contributed by atoms with Crippen molar-refractivity contribution in [2.75, 3.05) is 0 Å². The van der Waals surface area contributed by atoms with Gasteiger partial charge in [-0.15, -0.1) is 11.3 Å². The third kappa shape index (κ3) is 3.52. The molecule has 144 valence electrons. The molecule has 3 aromatic rings. The van der Waals surface area contributed by atoms with Crippen LogP contribution in [0.15, 0.2) is 23.6 Å². The van der Waals surface area contributed by atoms with Crippen LogP contribution in [-0.2, 0) is 24.2 Å². The van der Waals surface area contributed by atoms with Gasteiger partial charge in [0.1, 0.15) is 0 Å². The van der Waals surface area contributed by atoms with Gasteiger partial charge in [-0.1, -0.05) is 25.4 Å². The standard InChI is InChI=1S/C21H21ClN4OS/c1-12(2)20(27)24-14-4-6-19-17(8-14)16-7-13(9-23)3-5-18(16)26(19)10-15-11-28-21(22)25-15/h3,5,7,11-12,14H,4,6,8,10H2,1-2H3,(H,24,27)/t14-/m1/s1. The van der Waals surface area contributed by atoms with Gasteiger partial charge in [-0.25, -0.2) is 4.98 Å². The molecule has 5 nitrogen and oxygen atoms in total. The monoisotopic (exact) mass is 412 g/mol. The molecular formula is C21H21ClN4OS. The first-order valence-corrected chi connectivity index (χ1v) is 10.7. The Morgan fingerprint density at radius 2 is 2.32 bits per heavy atom. The fourth-order valence-electron chi connectivity index (χ4n) is 3.91. The molecule has 2 aromatic heterocycles. The second-order valence-corrected chi connectivity index (χ2v) is 8.99. The second-order valence-electron chi connectivity index (χ2n) is 7.55. The summed E-state index contributed by atoms with van der Waals surface area (Å²) in [6.45, 7) is 4.48. The van der Waals surface area contributed by atoms with E-state index in [1.54, 1.807) is 0 Å². The maximum Gasteiger partial charge on any atom is 0.222 e. The normalized spacial score (nSPS) is 16.2. The lowest BCUT2D eigenvalue weighted by Crippen LogP contribution is -2.41. The number of hydrogen-bond acceptors (Lipinski definition) is 4. The molecule has 0 spiro atoms. The number of carbonyl (C=O) groups excluding carboxylic acids is 1. The van der Waals surface area contributed by atoms with Gasteiger partial charge < -0.3 is 9.88 Å². The number of nitriles is 1. The molecule has 0 aliphatic heterocycles. The minimum absolute atomic E-state index is 0.0256. The number of amides is 1. The van der Waals surface area contributed by atoms with E-state index >= 15 is 0 Å². The van der Waals surface area contributed by atoms with Crippen LogP contribution in [0.2, 0.25) is 4.47 Å². The number of carbonyl (C=O) groups is 1. The quantitative estimate of drug-likeness (QED) is 0.694. The van der Waals surface area contributed by atoms with Crippen LogP contribution in [0.4, 0.5) is 0 Å². The smallest absolute Gasteiger partial charge is 0.222 e. The van der Waals surface area contributed by atoms with Crippen LogP contribution in [0.1, 0.15) is 42.8 Å². The van der Waals surface area contributed by atoms with Gasteiger partial charge in [0.15, 0.2) is 4.47 Å². The third-order valence-corrected chi connectivity index (χ3v) is 6.34. The number of rotatable bonds is 4. The number of hydrogen-bond donors (Lipinski definition) is 1. The van der Waals surface area contributed by atoms with E-state index < -0.39 is 0 Å². The van der Waals surface area contributed by atoms with Crippen LogP contribution in [0, 0.1) is 17.2 Å². The maximum atomic E-state index is 12.2. The molecule has 1 N–H and O–H groups in total. The molecule has 1 atom stereocenters. The van der Waals surface area contributed by atoms with Crippen molar-refractivity contribution >= 4 is 39.7 Å². The molecule has 0 unspecified atom stereocenters. The lowest BCUT2D eigenvalue weighted by molar-refractivity contribution is -0.124. The molecule has 28 heavy (non-hydrogen) atoms. The average Bonchev–Trinajstić information content (AvgIpc) is 3.23. The molecular weight excluding hydrogens is 392 g/mol. The first kappa shape index (κ1) is 19.0. The predicted molar refractivity (Wildman–Crippen MR) is 112 cm³/mol. The van der Waals surface area contributed by atoms with Crippen LogP contribution < -0.4 is 5.32 Å². The number of benzene rings is 1. The van der Waals surface area contributed by atoms with Crippen molar-refractivity contribution < 1.29 is 4.79 Å². The average molecular weight is 413 g/mol. The highest BCUT2D eigenvalue weighted by Crippen LogP contribution is 2.34. The van der Waals surface area contributed by atoms with Crippen LogP contribution in [0.25, 0.3) is 10.9 Å². The van der Waals surface area contributed by atoms with Gasteiger partial charge >= 0.3 is 0 Å². The molecule has 2 heterocycles. The molecule has 0 fully saturated rings. The van der Waals surface area contributed by atoms with Gasteiger partial charge in [-0.3, -0.25) is 4.79 Å². The van der Waals surface area contributed by atoms with Gasteiger partial charge in [0.2, 0.25) is 5.91 Å². The van der Waals surface area contributed by atoms with Crippen molar-refractivity contribution in [2.24, 2.45) is 5.92 Å². The maximum absolute atomic E-state index is 12.2. The Hall–Kier alpha value is -2.36. The molecule has 0 bridgehead atoms. The molecule has 0 saturated heterocycles. The van der Waals surface area contributed by atoms with Crippen molar-refractivity contribution in [3.63, 3.8) is 0 Å². The highest BCUT2D eigenvalue weighted by Gasteiger charge is 2.27.